The summed E-state index contributed by atoms with van der Waals surface area (Å²) < 4.78 is 4.67. The molecule has 0 aliphatic heterocycles. The van der Waals surface area contributed by atoms with Crippen LogP contribution >= 0.6 is 0 Å². The molecule has 0 radical (unpaired) electrons. The van der Waals surface area contributed by atoms with Crippen LogP contribution in [-0.4, -0.2) is 34.7 Å². The van der Waals surface area contributed by atoms with Crippen molar-refractivity contribution in [1.29, 1.82) is 0 Å². The van der Waals surface area contributed by atoms with Gasteiger partial charge in [0.05, 0.1) is 0 Å². The fourth-order valence-electron chi connectivity index (χ4n) is 5.39. The van der Waals surface area contributed by atoms with E-state index >= 15 is 0 Å². The maximum atomic E-state index is 10.2. The number of carboxylic acid groups (broad SMARTS) is 2. The number of carbonyl (C=O) groups is 2. The van der Waals surface area contributed by atoms with Crippen LogP contribution < -0.4 is 10.2 Å². The van der Waals surface area contributed by atoms with E-state index in [1.54, 1.807) is 0 Å². The fourth-order valence-corrected chi connectivity index (χ4v) is 5.39. The van der Waals surface area contributed by atoms with Crippen LogP contribution in [0.5, 0.6) is 0 Å². The van der Waals surface area contributed by atoms with Crippen molar-refractivity contribution in [3.05, 3.63) is 24.3 Å². The Balaban J connectivity index is -0.000000757. The molecule has 0 unspecified atom stereocenters. The third-order valence-electron chi connectivity index (χ3n) is 8.56. The molecule has 0 amide bonds. The first-order valence-corrected chi connectivity index (χ1v) is 21.3. The Kier molecular flexibility index (Phi) is 52.3. The summed E-state index contributed by atoms with van der Waals surface area (Å²) in [5, 5.41) is 20.5. The zero-order chi connectivity index (χ0) is 36.9. The van der Waals surface area contributed by atoms with Gasteiger partial charge in [-0.2, -0.15) is 0 Å². The molecule has 6 heteroatoms. The maximum Gasteiger partial charge on any atom is 0.0414 e. The minimum absolute atomic E-state index is 0.226. The van der Waals surface area contributed by atoms with Gasteiger partial charge in [-0.05, 0) is 77.0 Å². The van der Waals surface area contributed by atoms with E-state index in [0.717, 1.165) is 25.7 Å². The van der Waals surface area contributed by atoms with Crippen LogP contribution in [0.4, 0.5) is 0 Å². The summed E-state index contributed by atoms with van der Waals surface area (Å²) in [6.45, 7) is 8.49. The number of carbonyl (C=O) groups excluding carboxylic acids is 2. The van der Waals surface area contributed by atoms with Gasteiger partial charge in [0, 0.05) is 11.9 Å². The van der Waals surface area contributed by atoms with E-state index < -0.39 is 11.9 Å². The summed E-state index contributed by atoms with van der Waals surface area (Å²) in [6, 6.07) is 0. The van der Waals surface area contributed by atoms with Crippen LogP contribution in [0, 0.1) is 0 Å². The van der Waals surface area contributed by atoms with Crippen LogP contribution in [0.3, 0.4) is 0 Å². The smallest absolute Gasteiger partial charge is 0.0414 e. The van der Waals surface area contributed by atoms with E-state index in [4.69, 9.17) is 0 Å². The zero-order valence-electron chi connectivity index (χ0n) is 33.1. The second kappa shape index (κ2) is 49.0. The molecule has 0 atom stereocenters. The maximum absolute atomic E-state index is 10.2. The van der Waals surface area contributed by atoms with Gasteiger partial charge >= 0.3 is 40.4 Å². The molecule has 0 heterocycles. The molecule has 286 valence electrons. The van der Waals surface area contributed by atoms with Crippen molar-refractivity contribution in [2.75, 3.05) is 0 Å². The van der Waals surface area contributed by atoms with Crippen LogP contribution in [0.2, 0.25) is 0 Å². The average molecular weight is 705 g/mol. The molecule has 0 bridgehead atoms. The van der Waals surface area contributed by atoms with E-state index in [1.807, 2.05) is 13.8 Å². The monoisotopic (exact) mass is 705 g/mol. The molecule has 49 heavy (non-hydrogen) atoms. The SMILES string of the molecule is CC(C)[O][Al+2].CCCCCCCC/C=C\CCCCCCCCCC(=O)[O-].CCCCCCCC/C=C\CCCCCCCCCC(=O)[O-]. The van der Waals surface area contributed by atoms with Gasteiger partial charge in [-0.25, -0.2) is 0 Å². The van der Waals surface area contributed by atoms with Gasteiger partial charge in [-0.3, -0.25) is 0 Å². The predicted octanol–water partition coefficient (Wildman–Crippen LogP) is 11.6. The molecular formula is C43H81AlO5. The van der Waals surface area contributed by atoms with E-state index in [0.29, 0.717) is 6.10 Å². The Hall–Kier alpha value is -1.09. The quantitative estimate of drug-likeness (QED) is 0.0372. The number of hydrogen-bond donors (Lipinski definition) is 0. The molecule has 5 nitrogen and oxygen atoms in total. The van der Waals surface area contributed by atoms with Gasteiger partial charge in [0.15, 0.2) is 0 Å². The Morgan fingerprint density at radius 3 is 0.857 bits per heavy atom. The number of hydrogen-bond acceptors (Lipinski definition) is 5. The summed E-state index contributed by atoms with van der Waals surface area (Å²) in [7, 11) is 0. The average Bonchev–Trinajstić information content (AvgIpc) is 3.08. The van der Waals surface area contributed by atoms with Crippen LogP contribution in [0.15, 0.2) is 24.3 Å². The molecule has 0 aliphatic carbocycles. The van der Waals surface area contributed by atoms with Crippen molar-refractivity contribution in [1.82, 2.24) is 0 Å². The van der Waals surface area contributed by atoms with Crippen molar-refractivity contribution < 1.29 is 23.6 Å². The summed E-state index contributed by atoms with van der Waals surface area (Å²) in [5.41, 5.74) is 0. The van der Waals surface area contributed by atoms with E-state index in [9.17, 15) is 19.8 Å². The molecule has 0 saturated carbocycles. The summed E-state index contributed by atoms with van der Waals surface area (Å²) >= 11 is 2.19. The molecule has 0 aromatic carbocycles. The van der Waals surface area contributed by atoms with E-state index in [2.05, 4.69) is 58.6 Å². The normalized spacial score (nSPS) is 11.2. The largest absolute Gasteiger partial charge is 0.550 e. The zero-order valence-corrected chi connectivity index (χ0v) is 34.3. The van der Waals surface area contributed by atoms with E-state index in [1.165, 1.54) is 167 Å². The summed E-state index contributed by atoms with van der Waals surface area (Å²) in [4.78, 5) is 20.5. The van der Waals surface area contributed by atoms with Crippen molar-refractivity contribution in [3.63, 3.8) is 0 Å². The Morgan fingerprint density at radius 2 is 0.653 bits per heavy atom. The Labute approximate surface area is 314 Å². The molecule has 0 N–H and O–H groups in total. The van der Waals surface area contributed by atoms with Crippen molar-refractivity contribution >= 4 is 28.6 Å². The van der Waals surface area contributed by atoms with Gasteiger partial charge in [-0.1, -0.05) is 167 Å². The first kappa shape index (κ1) is 52.3. The number of carboxylic acids is 2. The van der Waals surface area contributed by atoms with Gasteiger partial charge in [0.2, 0.25) is 0 Å². The van der Waals surface area contributed by atoms with Crippen molar-refractivity contribution in [3.8, 4) is 0 Å². The third kappa shape index (κ3) is 62.5. The van der Waals surface area contributed by atoms with Crippen LogP contribution in [0.25, 0.3) is 0 Å². The summed E-state index contributed by atoms with van der Waals surface area (Å²) in [6.07, 6.45) is 48.0. The summed E-state index contributed by atoms with van der Waals surface area (Å²) in [5.74, 6) is -1.82. The van der Waals surface area contributed by atoms with Crippen LogP contribution in [0.1, 0.15) is 233 Å². The molecular weight excluding hydrogens is 623 g/mol. The van der Waals surface area contributed by atoms with Crippen molar-refractivity contribution in [2.24, 2.45) is 0 Å². The molecule has 0 fully saturated rings. The minimum Gasteiger partial charge on any atom is -0.550 e. The number of allylic oxidation sites excluding steroid dienone is 4. The van der Waals surface area contributed by atoms with Gasteiger partial charge < -0.3 is 19.8 Å². The molecule has 0 aromatic heterocycles. The van der Waals surface area contributed by atoms with Crippen molar-refractivity contribution in [2.45, 2.75) is 239 Å². The first-order valence-electron chi connectivity index (χ1n) is 20.9. The second-order valence-electron chi connectivity index (χ2n) is 14.0. The Morgan fingerprint density at radius 1 is 0.449 bits per heavy atom. The third-order valence-corrected chi connectivity index (χ3v) is 9.10. The minimum atomic E-state index is -0.909. The Bertz CT molecular complexity index is 638. The molecule has 0 aromatic rings. The van der Waals surface area contributed by atoms with Crippen LogP contribution in [-0.2, 0) is 13.4 Å². The van der Waals surface area contributed by atoms with Gasteiger partial charge in [-0.15, -0.1) is 0 Å². The van der Waals surface area contributed by atoms with Gasteiger partial charge in [0.25, 0.3) is 0 Å². The van der Waals surface area contributed by atoms with E-state index in [-0.39, 0.29) is 12.8 Å². The topological polar surface area (TPSA) is 89.5 Å². The molecule has 0 saturated heterocycles. The molecule has 0 spiro atoms. The number of unbranched alkanes of at least 4 members (excludes halogenated alkanes) is 26. The first-order chi connectivity index (χ1) is 23.8. The molecule has 0 rings (SSSR count). The fraction of sp³-hybridized carbons (Fsp3) is 0.860. The standard InChI is InChI=1S/2C20H38O2.C3H7O.Al/c2*1-2-3-4-5-6-7-8-9-10-11-12-13-14-15-16-17-18-19-20(21)22;1-3(2)4;/h2*9-10H,2-8,11-19H2,1H3,(H,21,22);3H,1-2H3;/q;;-1;+3/p-2/b2*10-9-;;. The number of rotatable bonds is 35. The predicted molar refractivity (Wildman–Crippen MR) is 209 cm³/mol. The second-order valence-corrected chi connectivity index (χ2v) is 14.3. The number of aliphatic carboxylic acids is 2. The molecule has 0 aliphatic rings. The van der Waals surface area contributed by atoms with Gasteiger partial charge in [0.1, 0.15) is 0 Å².